The van der Waals surface area contributed by atoms with Gasteiger partial charge in [0.15, 0.2) is 34.9 Å². The van der Waals surface area contributed by atoms with Crippen LogP contribution < -0.4 is 15.7 Å². The summed E-state index contributed by atoms with van der Waals surface area (Å²) in [6.07, 6.45) is 0. The number of aromatic nitrogens is 9. The van der Waals surface area contributed by atoms with Crippen LogP contribution in [0.3, 0.4) is 0 Å². The van der Waals surface area contributed by atoms with E-state index in [1.807, 2.05) is 133 Å². The van der Waals surface area contributed by atoms with E-state index in [-0.39, 0.29) is 0 Å². The lowest BCUT2D eigenvalue weighted by Crippen LogP contribution is -2.71. The molecule has 1 unspecified atom stereocenters. The first kappa shape index (κ1) is 37.2. The normalized spacial score (nSPS) is 14.0. The monoisotopic (exact) mass is 837 g/mol. The number of pyridine rings is 1. The Bertz CT molecular complexity index is 3220. The first-order valence-corrected chi connectivity index (χ1v) is 23.1. The molecule has 0 spiro atoms. The van der Waals surface area contributed by atoms with Crippen molar-refractivity contribution < 1.29 is 0 Å². The molecule has 0 saturated carbocycles. The predicted octanol–water partition coefficient (Wildman–Crippen LogP) is 9.30. The Morgan fingerprint density at radius 1 is 0.328 bits per heavy atom. The van der Waals surface area contributed by atoms with Gasteiger partial charge in [0.25, 0.3) is 8.24 Å². The topological polar surface area (TPSA) is 108 Å². The van der Waals surface area contributed by atoms with Crippen LogP contribution in [-0.2, 0) is 0 Å². The fourth-order valence-corrected chi connectivity index (χ4v) is 13.7. The molecule has 7 aromatic carbocycles. The van der Waals surface area contributed by atoms with Gasteiger partial charge in [-0.05, 0) is 40.7 Å². The molecule has 0 radical (unpaired) electrons. The number of hydrogen-bond donors (Lipinski definition) is 0. The molecule has 1 aliphatic heterocycles. The molecule has 1 aliphatic rings. The molecule has 0 aliphatic carbocycles. The molecule has 0 fully saturated rings. The van der Waals surface area contributed by atoms with Crippen LogP contribution >= 0.6 is 0 Å². The van der Waals surface area contributed by atoms with E-state index in [9.17, 15) is 0 Å². The summed E-state index contributed by atoms with van der Waals surface area (Å²) < 4.78 is 2.48. The van der Waals surface area contributed by atoms with Gasteiger partial charge in [-0.25, -0.2) is 34.9 Å². The number of rotatable bonds is 8. The number of para-hydroxylation sites is 2. The second-order valence-corrected chi connectivity index (χ2v) is 19.1. The minimum absolute atomic E-state index is 0.488. The minimum Gasteiger partial charge on any atom is -0.337 e. The van der Waals surface area contributed by atoms with Crippen LogP contribution in [0, 0.1) is 0 Å². The first-order valence-electron chi connectivity index (χ1n) is 21.1. The lowest BCUT2D eigenvalue weighted by atomic mass is 10.1. The van der Waals surface area contributed by atoms with Gasteiger partial charge in [0.05, 0.1) is 16.4 Å². The number of benzene rings is 7. The van der Waals surface area contributed by atoms with Gasteiger partial charge in [0.1, 0.15) is 11.5 Å². The summed E-state index contributed by atoms with van der Waals surface area (Å²) in [5, 5.41) is 3.18. The molecule has 12 rings (SSSR count). The van der Waals surface area contributed by atoms with Crippen molar-refractivity contribution in [3.05, 3.63) is 212 Å². The molecule has 0 amide bonds. The summed E-state index contributed by atoms with van der Waals surface area (Å²) >= 11 is 0. The van der Waals surface area contributed by atoms with Gasteiger partial charge in [-0.15, -0.1) is 0 Å². The zero-order valence-electron chi connectivity index (χ0n) is 34.2. The molecule has 0 N–H and O–H groups in total. The fraction of sp³-hybridized carbons (Fsp3) is 0. The van der Waals surface area contributed by atoms with Crippen molar-refractivity contribution in [2.75, 3.05) is 0 Å². The average molecular weight is 838 g/mol. The second kappa shape index (κ2) is 15.4. The molecule has 300 valence electrons. The number of imidazole rings is 1. The number of nitrogens with zero attached hydrogens (tertiary/aromatic N) is 9. The van der Waals surface area contributed by atoms with E-state index in [2.05, 4.69) is 83.1 Å². The Balaban J connectivity index is 1.11. The van der Waals surface area contributed by atoms with Gasteiger partial charge in [0, 0.05) is 33.4 Å². The van der Waals surface area contributed by atoms with Crippen LogP contribution in [0.25, 0.3) is 90.9 Å². The fourth-order valence-electron chi connectivity index (χ4n) is 8.85. The van der Waals surface area contributed by atoms with Crippen molar-refractivity contribution in [2.24, 2.45) is 0 Å². The van der Waals surface area contributed by atoms with Gasteiger partial charge in [-0.3, -0.25) is 4.98 Å². The highest BCUT2D eigenvalue weighted by atomic mass is 28.3. The van der Waals surface area contributed by atoms with Crippen molar-refractivity contribution in [3.63, 3.8) is 0 Å². The second-order valence-electron chi connectivity index (χ2n) is 15.6. The van der Waals surface area contributed by atoms with Crippen LogP contribution in [-0.4, -0.2) is 52.3 Å². The van der Waals surface area contributed by atoms with Gasteiger partial charge in [-0.2, -0.15) is 0 Å². The van der Waals surface area contributed by atoms with Crippen LogP contribution in [0.15, 0.2) is 212 Å². The summed E-state index contributed by atoms with van der Waals surface area (Å²) in [5.74, 6) is 4.34. The molecular weight excluding hydrogens is 803 g/mol. The number of hydrogen-bond acceptors (Lipinski definition) is 8. The summed E-state index contributed by atoms with van der Waals surface area (Å²) in [6, 6.07) is 72.1. The highest BCUT2D eigenvalue weighted by Gasteiger charge is 2.52. The highest BCUT2D eigenvalue weighted by molar-refractivity contribution is 7.12. The molecule has 0 bridgehead atoms. The maximum Gasteiger partial charge on any atom is 0.278 e. The van der Waals surface area contributed by atoms with Crippen molar-refractivity contribution in [2.45, 2.75) is 0 Å². The van der Waals surface area contributed by atoms with E-state index in [1.165, 1.54) is 5.19 Å². The molecule has 1 atom stereocenters. The lowest BCUT2D eigenvalue weighted by Gasteiger charge is -2.31. The quantitative estimate of drug-likeness (QED) is 0.140. The maximum absolute atomic E-state index is 5.66. The van der Waals surface area contributed by atoms with E-state index in [0.717, 1.165) is 60.7 Å². The SMILES string of the molecule is c1ccc(-c2nc(-c3ccccc3)nc(-c3cccc([Si]4(c5cccc(-c6nc(-c7ccccc7)nc(-c7ccccc7)n6)n5)c5ccccc5-c5nc6ccccc6n54)c3)n2)cc1. The highest BCUT2D eigenvalue weighted by Crippen LogP contribution is 2.36. The molecule has 4 aromatic heterocycles. The zero-order valence-corrected chi connectivity index (χ0v) is 35.2. The van der Waals surface area contributed by atoms with E-state index < -0.39 is 8.24 Å². The molecule has 64 heavy (non-hydrogen) atoms. The van der Waals surface area contributed by atoms with Gasteiger partial charge in [0.2, 0.25) is 0 Å². The Morgan fingerprint density at radius 3 is 1.36 bits per heavy atom. The summed E-state index contributed by atoms with van der Waals surface area (Å²) in [6.45, 7) is 0. The van der Waals surface area contributed by atoms with Gasteiger partial charge in [-0.1, -0.05) is 182 Å². The average Bonchev–Trinajstić information content (AvgIpc) is 3.91. The minimum atomic E-state index is -3.38. The summed E-state index contributed by atoms with van der Waals surface area (Å²) in [7, 11) is -3.38. The Hall–Kier alpha value is -8.60. The van der Waals surface area contributed by atoms with E-state index in [1.54, 1.807) is 0 Å². The smallest absolute Gasteiger partial charge is 0.278 e. The molecule has 10 heteroatoms. The van der Waals surface area contributed by atoms with Crippen molar-refractivity contribution in [1.29, 1.82) is 0 Å². The summed E-state index contributed by atoms with van der Waals surface area (Å²) in [5.41, 5.74) is 8.16. The Morgan fingerprint density at radius 2 is 0.781 bits per heavy atom. The zero-order chi connectivity index (χ0) is 42.5. The van der Waals surface area contributed by atoms with Crippen molar-refractivity contribution in [1.82, 2.24) is 44.1 Å². The van der Waals surface area contributed by atoms with Crippen LogP contribution in [0.5, 0.6) is 0 Å². The summed E-state index contributed by atoms with van der Waals surface area (Å²) in [4.78, 5) is 41.4. The van der Waals surface area contributed by atoms with Gasteiger partial charge < -0.3 is 4.23 Å². The van der Waals surface area contributed by atoms with Crippen LogP contribution in [0.1, 0.15) is 0 Å². The Labute approximate surface area is 369 Å². The third-order valence-electron chi connectivity index (χ3n) is 11.7. The Kier molecular flexibility index (Phi) is 8.94. The third kappa shape index (κ3) is 6.23. The largest absolute Gasteiger partial charge is 0.337 e. The predicted molar refractivity (Wildman–Crippen MR) is 255 cm³/mol. The molecule has 0 saturated heterocycles. The van der Waals surface area contributed by atoms with Gasteiger partial charge >= 0.3 is 0 Å². The third-order valence-corrected chi connectivity index (χ3v) is 16.2. The molecule has 11 aromatic rings. The van der Waals surface area contributed by atoms with Crippen LogP contribution in [0.2, 0.25) is 0 Å². The van der Waals surface area contributed by atoms with Crippen molar-refractivity contribution in [3.8, 4) is 79.8 Å². The lowest BCUT2D eigenvalue weighted by molar-refractivity contribution is 1.06. The van der Waals surface area contributed by atoms with E-state index >= 15 is 0 Å². The maximum atomic E-state index is 5.66. The van der Waals surface area contributed by atoms with Crippen molar-refractivity contribution >= 4 is 35.0 Å². The van der Waals surface area contributed by atoms with E-state index in [4.69, 9.17) is 39.9 Å². The molecular formula is C54H35N9Si. The molecule has 5 heterocycles. The molecule has 9 nitrogen and oxygen atoms in total. The van der Waals surface area contributed by atoms with Crippen LogP contribution in [0.4, 0.5) is 0 Å². The standard InChI is InChI=1S/C54H35N9Si/c1-5-19-36(20-6-1)48-57-49(37-21-7-2-8-22-37)60-52(59-48)40-27-17-28-41(35-40)64(46-33-16-13-29-42(46)54-56-43-30-14-15-32-45(43)63(54)64)47-34-18-31-44(55-47)53-61-50(38-23-9-3-10-24-38)58-51(62-53)39-25-11-4-12-26-39/h1-35H. The first-order chi connectivity index (χ1) is 31.7. The van der Waals surface area contributed by atoms with E-state index in [0.29, 0.717) is 40.6 Å². The number of fused-ring (bicyclic) bond motifs is 5.